The number of anilines is 1. The van der Waals surface area contributed by atoms with E-state index in [-0.39, 0.29) is 6.04 Å². The molecule has 2 fully saturated rings. The first-order valence-corrected chi connectivity index (χ1v) is 9.19. The highest BCUT2D eigenvalue weighted by molar-refractivity contribution is 7.89. The van der Waals surface area contributed by atoms with Gasteiger partial charge in [0.15, 0.2) is 0 Å². The highest BCUT2D eigenvalue weighted by atomic mass is 32.2. The summed E-state index contributed by atoms with van der Waals surface area (Å²) in [5.74, 6) is 0.561. The Balaban J connectivity index is 1.69. The molecule has 3 rings (SSSR count). The first-order chi connectivity index (χ1) is 10.1. The van der Waals surface area contributed by atoms with Gasteiger partial charge >= 0.3 is 0 Å². The standard InChI is InChI=1S/C15H23N3O2S/c19-21(20,18-13-7-8-13)15-6-2-1-5-14(15)17-11-12-4-3-9-16-10-12/h1-2,5-6,12-13,16-18H,3-4,7-11H2. The van der Waals surface area contributed by atoms with E-state index in [0.717, 1.165) is 32.5 Å². The molecular weight excluding hydrogens is 286 g/mol. The summed E-state index contributed by atoms with van der Waals surface area (Å²) in [5.41, 5.74) is 0.705. The molecule has 1 unspecified atom stereocenters. The van der Waals surface area contributed by atoms with Gasteiger partial charge in [0, 0.05) is 12.6 Å². The van der Waals surface area contributed by atoms with Crippen molar-refractivity contribution in [1.29, 1.82) is 0 Å². The van der Waals surface area contributed by atoms with Crippen molar-refractivity contribution in [3.8, 4) is 0 Å². The summed E-state index contributed by atoms with van der Waals surface area (Å²) in [6.07, 6.45) is 4.27. The predicted octanol–water partition coefficient (Wildman–Crippen LogP) is 1.54. The molecule has 6 heteroatoms. The Labute approximate surface area is 126 Å². The minimum Gasteiger partial charge on any atom is -0.384 e. The van der Waals surface area contributed by atoms with E-state index in [0.29, 0.717) is 16.5 Å². The summed E-state index contributed by atoms with van der Waals surface area (Å²) < 4.78 is 27.5. The molecule has 0 bridgehead atoms. The Morgan fingerprint density at radius 3 is 2.71 bits per heavy atom. The van der Waals surface area contributed by atoms with Crippen LogP contribution < -0.4 is 15.4 Å². The second-order valence-corrected chi connectivity index (χ2v) is 7.67. The van der Waals surface area contributed by atoms with E-state index in [1.807, 2.05) is 12.1 Å². The van der Waals surface area contributed by atoms with E-state index >= 15 is 0 Å². The van der Waals surface area contributed by atoms with E-state index in [9.17, 15) is 8.42 Å². The zero-order valence-electron chi connectivity index (χ0n) is 12.1. The van der Waals surface area contributed by atoms with Crippen molar-refractivity contribution in [3.05, 3.63) is 24.3 Å². The van der Waals surface area contributed by atoms with E-state index in [2.05, 4.69) is 15.4 Å². The first-order valence-electron chi connectivity index (χ1n) is 7.71. The van der Waals surface area contributed by atoms with Crippen LogP contribution in [-0.4, -0.2) is 34.1 Å². The molecule has 1 saturated heterocycles. The van der Waals surface area contributed by atoms with Crippen molar-refractivity contribution < 1.29 is 8.42 Å². The quantitative estimate of drug-likeness (QED) is 0.745. The Hall–Kier alpha value is -1.11. The summed E-state index contributed by atoms with van der Waals surface area (Å²) in [6.45, 7) is 2.90. The molecule has 5 nitrogen and oxygen atoms in total. The number of sulfonamides is 1. The smallest absolute Gasteiger partial charge is 0.242 e. The summed E-state index contributed by atoms with van der Waals surface area (Å²) in [7, 11) is -3.41. The highest BCUT2D eigenvalue weighted by Gasteiger charge is 2.29. The molecular formula is C15H23N3O2S. The van der Waals surface area contributed by atoms with Crippen LogP contribution in [0.1, 0.15) is 25.7 Å². The van der Waals surface area contributed by atoms with E-state index in [1.54, 1.807) is 12.1 Å². The summed E-state index contributed by atoms with van der Waals surface area (Å²) in [5, 5.41) is 6.70. The molecule has 3 N–H and O–H groups in total. The Morgan fingerprint density at radius 1 is 1.19 bits per heavy atom. The van der Waals surface area contributed by atoms with Gasteiger partial charge in [0.1, 0.15) is 4.90 Å². The van der Waals surface area contributed by atoms with Crippen molar-refractivity contribution in [2.45, 2.75) is 36.6 Å². The maximum Gasteiger partial charge on any atom is 0.242 e. The van der Waals surface area contributed by atoms with Gasteiger partial charge in [0.25, 0.3) is 0 Å². The molecule has 0 spiro atoms. The SMILES string of the molecule is O=S(=O)(NC1CC1)c1ccccc1NCC1CCCNC1. The van der Waals surface area contributed by atoms with Gasteiger partial charge in [0.05, 0.1) is 5.69 Å². The Kier molecular flexibility index (Phi) is 4.47. The number of hydrogen-bond donors (Lipinski definition) is 3. The van der Waals surface area contributed by atoms with Crippen molar-refractivity contribution in [3.63, 3.8) is 0 Å². The van der Waals surface area contributed by atoms with E-state index < -0.39 is 10.0 Å². The molecule has 0 amide bonds. The number of benzene rings is 1. The largest absolute Gasteiger partial charge is 0.384 e. The maximum atomic E-state index is 12.4. The Morgan fingerprint density at radius 2 is 2.00 bits per heavy atom. The van der Waals surface area contributed by atoms with Gasteiger partial charge in [-0.3, -0.25) is 0 Å². The zero-order chi connectivity index (χ0) is 14.7. The van der Waals surface area contributed by atoms with Gasteiger partial charge in [-0.05, 0) is 56.8 Å². The fraction of sp³-hybridized carbons (Fsp3) is 0.600. The van der Waals surface area contributed by atoms with Gasteiger partial charge in [-0.2, -0.15) is 0 Å². The average molecular weight is 309 g/mol. The zero-order valence-corrected chi connectivity index (χ0v) is 13.0. The summed E-state index contributed by atoms with van der Waals surface area (Å²) >= 11 is 0. The van der Waals surface area contributed by atoms with Crippen LogP contribution >= 0.6 is 0 Å². The molecule has 116 valence electrons. The van der Waals surface area contributed by atoms with Crippen molar-refractivity contribution >= 4 is 15.7 Å². The lowest BCUT2D eigenvalue weighted by atomic mass is 10.00. The van der Waals surface area contributed by atoms with Crippen LogP contribution in [0.15, 0.2) is 29.2 Å². The molecule has 21 heavy (non-hydrogen) atoms. The number of hydrogen-bond acceptors (Lipinski definition) is 4. The van der Waals surface area contributed by atoms with Crippen molar-refractivity contribution in [2.75, 3.05) is 25.0 Å². The first kappa shape index (κ1) is 14.8. The second kappa shape index (κ2) is 6.34. The van der Waals surface area contributed by atoms with Crippen molar-refractivity contribution in [2.24, 2.45) is 5.92 Å². The molecule has 1 aromatic carbocycles. The lowest BCUT2D eigenvalue weighted by Crippen LogP contribution is -2.34. The second-order valence-electron chi connectivity index (χ2n) is 5.98. The molecule has 0 radical (unpaired) electrons. The van der Waals surface area contributed by atoms with E-state index in [4.69, 9.17) is 0 Å². The van der Waals surface area contributed by atoms with Crippen LogP contribution in [0.2, 0.25) is 0 Å². The lowest BCUT2D eigenvalue weighted by molar-refractivity contribution is 0.392. The molecule has 0 aromatic heterocycles. The van der Waals surface area contributed by atoms with Crippen LogP contribution in [0.5, 0.6) is 0 Å². The molecule has 1 aliphatic heterocycles. The van der Waals surface area contributed by atoms with Crippen molar-refractivity contribution in [1.82, 2.24) is 10.0 Å². The summed E-state index contributed by atoms with van der Waals surface area (Å²) in [4.78, 5) is 0.362. The summed E-state index contributed by atoms with van der Waals surface area (Å²) in [6, 6.07) is 7.29. The van der Waals surface area contributed by atoms with Gasteiger partial charge in [-0.1, -0.05) is 12.1 Å². The minimum atomic E-state index is -3.41. The van der Waals surface area contributed by atoms with Gasteiger partial charge in [0.2, 0.25) is 10.0 Å². The minimum absolute atomic E-state index is 0.130. The van der Waals surface area contributed by atoms with Crippen LogP contribution in [0, 0.1) is 5.92 Å². The predicted molar refractivity (Wildman–Crippen MR) is 83.9 cm³/mol. The lowest BCUT2D eigenvalue weighted by Gasteiger charge is -2.24. The highest BCUT2D eigenvalue weighted by Crippen LogP contribution is 2.26. The molecule has 1 saturated carbocycles. The fourth-order valence-electron chi connectivity index (χ4n) is 2.68. The number of nitrogens with one attached hydrogen (secondary N) is 3. The number of para-hydroxylation sites is 1. The van der Waals surface area contributed by atoms with Crippen LogP contribution in [-0.2, 0) is 10.0 Å². The van der Waals surface area contributed by atoms with E-state index in [1.165, 1.54) is 12.8 Å². The third kappa shape index (κ3) is 3.96. The van der Waals surface area contributed by atoms with Gasteiger partial charge in [-0.15, -0.1) is 0 Å². The van der Waals surface area contributed by atoms with Crippen LogP contribution in [0.4, 0.5) is 5.69 Å². The molecule has 2 aliphatic rings. The van der Waals surface area contributed by atoms with Gasteiger partial charge in [-0.25, -0.2) is 13.1 Å². The van der Waals surface area contributed by atoms with Crippen LogP contribution in [0.25, 0.3) is 0 Å². The topological polar surface area (TPSA) is 70.2 Å². The number of piperidine rings is 1. The third-order valence-corrected chi connectivity index (χ3v) is 5.63. The fourth-order valence-corrected chi connectivity index (χ4v) is 4.17. The maximum absolute atomic E-state index is 12.4. The Bertz CT molecular complexity index is 578. The van der Waals surface area contributed by atoms with Crippen LogP contribution in [0.3, 0.4) is 0 Å². The molecule has 1 aliphatic carbocycles. The van der Waals surface area contributed by atoms with Gasteiger partial charge < -0.3 is 10.6 Å². The molecule has 1 aromatic rings. The number of rotatable bonds is 6. The third-order valence-electron chi connectivity index (χ3n) is 4.06. The monoisotopic (exact) mass is 309 g/mol. The molecule has 1 heterocycles. The molecule has 1 atom stereocenters. The average Bonchev–Trinajstić information content (AvgIpc) is 3.30. The normalized spacial score (nSPS) is 23.0.